The lowest BCUT2D eigenvalue weighted by Gasteiger charge is -2.26. The van der Waals surface area contributed by atoms with Gasteiger partial charge in [0.2, 0.25) is 0 Å². The van der Waals surface area contributed by atoms with E-state index in [1.54, 1.807) is 0 Å². The molecular formula is C8H17N3O5S. The Labute approximate surface area is 99.9 Å². The molecule has 4 N–H and O–H groups in total. The lowest BCUT2D eigenvalue weighted by Crippen LogP contribution is -2.47. The Bertz CT molecular complexity index is 352. The molecular weight excluding hydrogens is 250 g/mol. The molecule has 0 aliphatic carbocycles. The third kappa shape index (κ3) is 4.56. The maximum atomic E-state index is 11.7. The highest BCUT2D eigenvalue weighted by molar-refractivity contribution is 7.87. The van der Waals surface area contributed by atoms with Gasteiger partial charge in [0.1, 0.15) is 6.04 Å². The maximum absolute atomic E-state index is 11.7. The van der Waals surface area contributed by atoms with Crippen LogP contribution in [0.25, 0.3) is 0 Å². The van der Waals surface area contributed by atoms with Crippen LogP contribution in [-0.2, 0) is 19.7 Å². The molecule has 0 aromatic heterocycles. The number of hydrogen-bond acceptors (Lipinski definition) is 5. The largest absolute Gasteiger partial charge is 0.480 e. The zero-order valence-corrected chi connectivity index (χ0v) is 10.1. The van der Waals surface area contributed by atoms with Gasteiger partial charge >= 0.3 is 5.97 Å². The molecule has 1 heterocycles. The second kappa shape index (κ2) is 6.26. The lowest BCUT2D eigenvalue weighted by atomic mass is 10.2. The predicted octanol–water partition coefficient (Wildman–Crippen LogP) is -2.04. The van der Waals surface area contributed by atoms with Gasteiger partial charge < -0.3 is 15.6 Å². The van der Waals surface area contributed by atoms with E-state index in [4.69, 9.17) is 15.6 Å². The second-order valence-corrected chi connectivity index (χ2v) is 5.40. The van der Waals surface area contributed by atoms with Gasteiger partial charge in [-0.3, -0.25) is 4.79 Å². The number of carboxylic acids is 1. The van der Waals surface area contributed by atoms with E-state index in [9.17, 15) is 13.2 Å². The van der Waals surface area contributed by atoms with Crippen molar-refractivity contribution in [3.05, 3.63) is 0 Å². The minimum atomic E-state index is -3.55. The Balaban J connectivity index is 2.36. The molecule has 0 aromatic carbocycles. The van der Waals surface area contributed by atoms with E-state index in [0.29, 0.717) is 26.3 Å². The van der Waals surface area contributed by atoms with Gasteiger partial charge in [-0.25, -0.2) is 4.72 Å². The first-order valence-corrected chi connectivity index (χ1v) is 6.68. The van der Waals surface area contributed by atoms with Crippen molar-refractivity contribution in [3.8, 4) is 0 Å². The zero-order chi connectivity index (χ0) is 12.9. The number of nitrogens with zero attached hydrogens (tertiary/aromatic N) is 1. The van der Waals surface area contributed by atoms with Crippen molar-refractivity contribution in [2.45, 2.75) is 12.5 Å². The van der Waals surface area contributed by atoms with E-state index in [1.165, 1.54) is 4.31 Å². The van der Waals surface area contributed by atoms with Crippen LogP contribution in [0.15, 0.2) is 0 Å². The molecule has 0 aromatic rings. The van der Waals surface area contributed by atoms with E-state index in [1.807, 2.05) is 0 Å². The van der Waals surface area contributed by atoms with Gasteiger partial charge in [0, 0.05) is 19.6 Å². The fourth-order valence-corrected chi connectivity index (χ4v) is 2.53. The molecule has 1 unspecified atom stereocenters. The quantitative estimate of drug-likeness (QED) is 0.509. The van der Waals surface area contributed by atoms with Crippen molar-refractivity contribution in [3.63, 3.8) is 0 Å². The molecule has 1 aliphatic heterocycles. The maximum Gasteiger partial charge on any atom is 0.320 e. The second-order valence-electron chi connectivity index (χ2n) is 3.64. The van der Waals surface area contributed by atoms with Crippen LogP contribution in [0.3, 0.4) is 0 Å². The normalized spacial score (nSPS) is 20.1. The van der Waals surface area contributed by atoms with Crippen LogP contribution in [0.1, 0.15) is 6.42 Å². The number of morpholine rings is 1. The molecule has 1 atom stereocenters. The molecule has 0 bridgehead atoms. The van der Waals surface area contributed by atoms with E-state index in [2.05, 4.69) is 4.72 Å². The number of nitrogens with one attached hydrogen (secondary N) is 1. The Kier molecular flexibility index (Phi) is 5.28. The lowest BCUT2D eigenvalue weighted by molar-refractivity contribution is -0.138. The smallest absolute Gasteiger partial charge is 0.320 e. The minimum absolute atomic E-state index is 0.00710. The van der Waals surface area contributed by atoms with Crippen molar-refractivity contribution in [1.82, 2.24) is 9.03 Å². The third-order valence-electron chi connectivity index (χ3n) is 2.37. The van der Waals surface area contributed by atoms with Gasteiger partial charge in [0.05, 0.1) is 13.2 Å². The van der Waals surface area contributed by atoms with Gasteiger partial charge in [-0.1, -0.05) is 0 Å². The monoisotopic (exact) mass is 267 g/mol. The average Bonchev–Trinajstić information content (AvgIpc) is 2.29. The molecule has 100 valence electrons. The summed E-state index contributed by atoms with van der Waals surface area (Å²) in [4.78, 5) is 10.4. The Morgan fingerprint density at radius 3 is 2.59 bits per heavy atom. The molecule has 9 heteroatoms. The summed E-state index contributed by atoms with van der Waals surface area (Å²) in [6.45, 7) is 1.36. The highest BCUT2D eigenvalue weighted by atomic mass is 32.2. The standard InChI is InChI=1S/C8H17N3O5S/c9-7(8(12)13)1-2-10-17(14,15)11-3-5-16-6-4-11/h7,10H,1-6,9H2,(H,12,13). The summed E-state index contributed by atoms with van der Waals surface area (Å²) in [6, 6.07) is -1.05. The number of nitrogens with two attached hydrogens (primary N) is 1. The van der Waals surface area contributed by atoms with Crippen LogP contribution in [0, 0.1) is 0 Å². The Hall–Kier alpha value is -0.740. The predicted molar refractivity (Wildman–Crippen MR) is 59.5 cm³/mol. The molecule has 1 saturated heterocycles. The van der Waals surface area contributed by atoms with E-state index in [-0.39, 0.29) is 13.0 Å². The van der Waals surface area contributed by atoms with Crippen LogP contribution in [-0.4, -0.2) is 62.7 Å². The van der Waals surface area contributed by atoms with Crippen molar-refractivity contribution in [2.75, 3.05) is 32.8 Å². The topological polar surface area (TPSA) is 122 Å². The first-order chi connectivity index (χ1) is 7.93. The summed E-state index contributed by atoms with van der Waals surface area (Å²) in [6.07, 6.45) is 0.0545. The number of aliphatic carboxylic acids is 1. The molecule has 0 saturated carbocycles. The van der Waals surface area contributed by atoms with Gasteiger partial charge in [0.25, 0.3) is 10.2 Å². The molecule has 1 rings (SSSR count). The van der Waals surface area contributed by atoms with E-state index in [0.717, 1.165) is 0 Å². The van der Waals surface area contributed by atoms with Crippen molar-refractivity contribution >= 4 is 16.2 Å². The Morgan fingerprint density at radius 1 is 1.47 bits per heavy atom. The SMILES string of the molecule is NC(CCNS(=O)(=O)N1CCOCC1)C(=O)O. The molecule has 1 fully saturated rings. The third-order valence-corrected chi connectivity index (χ3v) is 3.98. The molecule has 0 amide bonds. The highest BCUT2D eigenvalue weighted by Gasteiger charge is 2.24. The zero-order valence-electron chi connectivity index (χ0n) is 9.33. The van der Waals surface area contributed by atoms with E-state index >= 15 is 0 Å². The van der Waals surface area contributed by atoms with Crippen molar-refractivity contribution in [2.24, 2.45) is 5.73 Å². The number of carbonyl (C=O) groups is 1. The number of hydrogen-bond donors (Lipinski definition) is 3. The molecule has 8 nitrogen and oxygen atoms in total. The highest BCUT2D eigenvalue weighted by Crippen LogP contribution is 2.02. The number of carboxylic acid groups (broad SMARTS) is 1. The van der Waals surface area contributed by atoms with Gasteiger partial charge in [-0.2, -0.15) is 12.7 Å². The molecule has 1 aliphatic rings. The molecule has 0 spiro atoms. The summed E-state index contributed by atoms with van der Waals surface area (Å²) in [5.74, 6) is -1.14. The van der Waals surface area contributed by atoms with Crippen molar-refractivity contribution in [1.29, 1.82) is 0 Å². The first kappa shape index (κ1) is 14.3. The number of ether oxygens (including phenoxy) is 1. The van der Waals surface area contributed by atoms with Crippen LogP contribution in [0.2, 0.25) is 0 Å². The first-order valence-electron chi connectivity index (χ1n) is 5.24. The summed E-state index contributed by atoms with van der Waals surface area (Å²) in [7, 11) is -3.55. The van der Waals surface area contributed by atoms with Crippen LogP contribution in [0.5, 0.6) is 0 Å². The van der Waals surface area contributed by atoms with Crippen LogP contribution in [0.4, 0.5) is 0 Å². The average molecular weight is 267 g/mol. The Morgan fingerprint density at radius 2 is 2.06 bits per heavy atom. The van der Waals surface area contributed by atoms with Gasteiger partial charge in [-0.15, -0.1) is 0 Å². The van der Waals surface area contributed by atoms with E-state index < -0.39 is 22.2 Å². The summed E-state index contributed by atoms with van der Waals surface area (Å²) < 4.78 is 32.0. The minimum Gasteiger partial charge on any atom is -0.480 e. The molecule has 0 radical (unpaired) electrons. The van der Waals surface area contributed by atoms with Crippen LogP contribution < -0.4 is 10.5 Å². The van der Waals surface area contributed by atoms with Crippen molar-refractivity contribution < 1.29 is 23.1 Å². The number of rotatable bonds is 6. The van der Waals surface area contributed by atoms with Gasteiger partial charge in [0.15, 0.2) is 0 Å². The summed E-state index contributed by atoms with van der Waals surface area (Å²) in [5.41, 5.74) is 5.26. The summed E-state index contributed by atoms with van der Waals surface area (Å²) >= 11 is 0. The fourth-order valence-electron chi connectivity index (χ4n) is 1.35. The van der Waals surface area contributed by atoms with Crippen LogP contribution >= 0.6 is 0 Å². The fraction of sp³-hybridized carbons (Fsp3) is 0.875. The summed E-state index contributed by atoms with van der Waals surface area (Å²) in [5, 5.41) is 8.53. The molecule has 17 heavy (non-hydrogen) atoms. The van der Waals surface area contributed by atoms with Gasteiger partial charge in [-0.05, 0) is 6.42 Å².